The van der Waals surface area contributed by atoms with Gasteiger partial charge >= 0.3 is 6.09 Å². The van der Waals surface area contributed by atoms with Crippen LogP contribution in [-0.4, -0.2) is 54.6 Å². The molecule has 2 amide bonds. The largest absolute Gasteiger partial charge is 0.449 e. The zero-order valence-electron chi connectivity index (χ0n) is 12.8. The Hall–Kier alpha value is -1.56. The van der Waals surface area contributed by atoms with Gasteiger partial charge in [0.25, 0.3) is 5.91 Å². The molecule has 0 bridgehead atoms. The van der Waals surface area contributed by atoms with Gasteiger partial charge in [-0.25, -0.2) is 4.79 Å². The first-order valence-corrected chi connectivity index (χ1v) is 8.37. The number of ether oxygens (including phenoxy) is 1. The maximum atomic E-state index is 12.4. The number of nitrogens with zero attached hydrogens (tertiary/aromatic N) is 2. The highest BCUT2D eigenvalue weighted by Crippen LogP contribution is 2.15. The van der Waals surface area contributed by atoms with Crippen molar-refractivity contribution in [3.8, 4) is 0 Å². The summed E-state index contributed by atoms with van der Waals surface area (Å²) >= 11 is 3.37. The van der Waals surface area contributed by atoms with Gasteiger partial charge in [0.1, 0.15) is 0 Å². The van der Waals surface area contributed by atoms with E-state index in [0.29, 0.717) is 38.3 Å². The molecule has 1 heterocycles. The van der Waals surface area contributed by atoms with Gasteiger partial charge in [-0.15, -0.1) is 0 Å². The first-order valence-electron chi connectivity index (χ1n) is 7.58. The van der Waals surface area contributed by atoms with E-state index in [1.54, 1.807) is 15.9 Å². The predicted octanol–water partition coefficient (Wildman–Crippen LogP) is 3.14. The predicted molar refractivity (Wildman–Crippen MR) is 87.9 cm³/mol. The van der Waals surface area contributed by atoms with Crippen LogP contribution in [0.5, 0.6) is 0 Å². The van der Waals surface area contributed by atoms with Crippen molar-refractivity contribution in [2.75, 3.05) is 32.8 Å². The molecule has 0 spiro atoms. The molecule has 6 heteroatoms. The van der Waals surface area contributed by atoms with Crippen LogP contribution in [0.1, 0.15) is 30.1 Å². The molecule has 5 nitrogen and oxygen atoms in total. The van der Waals surface area contributed by atoms with Gasteiger partial charge in [0.15, 0.2) is 0 Å². The molecule has 1 saturated heterocycles. The molecule has 0 aliphatic carbocycles. The number of unbranched alkanes of at least 4 members (excludes halogenated alkanes) is 1. The Labute approximate surface area is 139 Å². The van der Waals surface area contributed by atoms with Crippen molar-refractivity contribution in [2.45, 2.75) is 19.8 Å². The van der Waals surface area contributed by atoms with E-state index in [1.165, 1.54) is 0 Å². The number of amides is 2. The van der Waals surface area contributed by atoms with Gasteiger partial charge in [-0.2, -0.15) is 0 Å². The minimum Gasteiger partial charge on any atom is -0.449 e. The molecular formula is C16H21BrN2O3. The second-order valence-corrected chi connectivity index (χ2v) is 6.17. The normalized spacial score (nSPS) is 14.8. The fourth-order valence-corrected chi connectivity index (χ4v) is 2.69. The highest BCUT2D eigenvalue weighted by molar-refractivity contribution is 9.10. The smallest absolute Gasteiger partial charge is 0.409 e. The van der Waals surface area contributed by atoms with E-state index in [9.17, 15) is 9.59 Å². The van der Waals surface area contributed by atoms with Crippen molar-refractivity contribution in [3.05, 3.63) is 34.3 Å². The van der Waals surface area contributed by atoms with Crippen molar-refractivity contribution in [3.63, 3.8) is 0 Å². The third-order valence-corrected chi connectivity index (χ3v) is 4.11. The Balaban J connectivity index is 1.84. The molecule has 0 radical (unpaired) electrons. The fourth-order valence-electron chi connectivity index (χ4n) is 2.29. The molecule has 0 aromatic heterocycles. The third-order valence-electron chi connectivity index (χ3n) is 3.62. The monoisotopic (exact) mass is 368 g/mol. The highest BCUT2D eigenvalue weighted by atomic mass is 79.9. The van der Waals surface area contributed by atoms with E-state index < -0.39 is 0 Å². The Morgan fingerprint density at radius 2 is 1.86 bits per heavy atom. The van der Waals surface area contributed by atoms with Crippen LogP contribution >= 0.6 is 15.9 Å². The summed E-state index contributed by atoms with van der Waals surface area (Å²) in [6.45, 7) is 4.63. The summed E-state index contributed by atoms with van der Waals surface area (Å²) < 4.78 is 6.08. The molecular weight excluding hydrogens is 348 g/mol. The standard InChI is InChI=1S/C16H21BrN2O3/c1-2-3-11-22-16(21)19-9-7-18(8-10-19)15(20)13-5-4-6-14(17)12-13/h4-6,12H,2-3,7-11H2,1H3. The molecule has 0 saturated carbocycles. The number of hydrogen-bond donors (Lipinski definition) is 0. The number of benzene rings is 1. The minimum atomic E-state index is -0.275. The van der Waals surface area contributed by atoms with Gasteiger partial charge in [-0.05, 0) is 24.6 Å². The Kier molecular flexibility index (Phi) is 6.24. The first kappa shape index (κ1) is 16.8. The first-order chi connectivity index (χ1) is 10.6. The van der Waals surface area contributed by atoms with Crippen molar-refractivity contribution >= 4 is 27.9 Å². The average molecular weight is 369 g/mol. The number of carbonyl (C=O) groups excluding carboxylic acids is 2. The molecule has 0 unspecified atom stereocenters. The van der Waals surface area contributed by atoms with E-state index in [-0.39, 0.29) is 12.0 Å². The van der Waals surface area contributed by atoms with E-state index in [1.807, 2.05) is 18.2 Å². The quantitative estimate of drug-likeness (QED) is 0.767. The summed E-state index contributed by atoms with van der Waals surface area (Å²) in [4.78, 5) is 27.7. The van der Waals surface area contributed by atoms with E-state index in [4.69, 9.17) is 4.74 Å². The number of halogens is 1. The van der Waals surface area contributed by atoms with Crippen LogP contribution in [0.2, 0.25) is 0 Å². The van der Waals surface area contributed by atoms with Gasteiger partial charge in [0, 0.05) is 36.2 Å². The lowest BCUT2D eigenvalue weighted by Gasteiger charge is -2.34. The van der Waals surface area contributed by atoms with Crippen molar-refractivity contribution in [2.24, 2.45) is 0 Å². The second-order valence-electron chi connectivity index (χ2n) is 5.26. The van der Waals surface area contributed by atoms with E-state index in [0.717, 1.165) is 17.3 Å². The molecule has 1 fully saturated rings. The summed E-state index contributed by atoms with van der Waals surface area (Å²) in [5.74, 6) is 0.000278. The maximum Gasteiger partial charge on any atom is 0.409 e. The SMILES string of the molecule is CCCCOC(=O)N1CCN(C(=O)c2cccc(Br)c2)CC1. The molecule has 0 N–H and O–H groups in total. The summed E-state index contributed by atoms with van der Waals surface area (Å²) in [5.41, 5.74) is 0.661. The van der Waals surface area contributed by atoms with Gasteiger partial charge in [-0.3, -0.25) is 4.79 Å². The number of carbonyl (C=O) groups is 2. The van der Waals surface area contributed by atoms with Crippen LogP contribution in [-0.2, 0) is 4.74 Å². The lowest BCUT2D eigenvalue weighted by molar-refractivity contribution is 0.0557. The molecule has 120 valence electrons. The molecule has 1 aliphatic rings. The lowest BCUT2D eigenvalue weighted by Crippen LogP contribution is -2.50. The Bertz CT molecular complexity index is 528. The Morgan fingerprint density at radius 1 is 1.18 bits per heavy atom. The minimum absolute atomic E-state index is 0.000278. The third kappa shape index (κ3) is 4.47. The zero-order chi connectivity index (χ0) is 15.9. The molecule has 0 atom stereocenters. The van der Waals surface area contributed by atoms with Crippen molar-refractivity contribution in [1.29, 1.82) is 0 Å². The van der Waals surface area contributed by atoms with Crippen LogP contribution in [0.15, 0.2) is 28.7 Å². The summed E-state index contributed by atoms with van der Waals surface area (Å²) in [6, 6.07) is 7.35. The van der Waals surface area contributed by atoms with Crippen molar-refractivity contribution < 1.29 is 14.3 Å². The van der Waals surface area contributed by atoms with Crippen LogP contribution in [0.3, 0.4) is 0 Å². The van der Waals surface area contributed by atoms with Crippen LogP contribution in [0.4, 0.5) is 4.79 Å². The molecule has 1 aromatic carbocycles. The van der Waals surface area contributed by atoms with Gasteiger partial charge in [-0.1, -0.05) is 35.3 Å². The molecule has 1 aliphatic heterocycles. The van der Waals surface area contributed by atoms with Gasteiger partial charge < -0.3 is 14.5 Å². The Morgan fingerprint density at radius 3 is 2.50 bits per heavy atom. The maximum absolute atomic E-state index is 12.4. The van der Waals surface area contributed by atoms with Crippen molar-refractivity contribution in [1.82, 2.24) is 9.80 Å². The molecule has 1 aromatic rings. The highest BCUT2D eigenvalue weighted by Gasteiger charge is 2.25. The van der Waals surface area contributed by atoms with E-state index in [2.05, 4.69) is 22.9 Å². The van der Waals surface area contributed by atoms with Crippen LogP contribution < -0.4 is 0 Å². The van der Waals surface area contributed by atoms with Crippen LogP contribution in [0, 0.1) is 0 Å². The van der Waals surface area contributed by atoms with Crippen LogP contribution in [0.25, 0.3) is 0 Å². The molecule has 22 heavy (non-hydrogen) atoms. The molecule has 2 rings (SSSR count). The van der Waals surface area contributed by atoms with Gasteiger partial charge in [0.05, 0.1) is 6.61 Å². The van der Waals surface area contributed by atoms with E-state index >= 15 is 0 Å². The number of piperazine rings is 1. The summed E-state index contributed by atoms with van der Waals surface area (Å²) in [5, 5.41) is 0. The van der Waals surface area contributed by atoms with Gasteiger partial charge in [0.2, 0.25) is 0 Å². The summed E-state index contributed by atoms with van der Waals surface area (Å²) in [7, 11) is 0. The average Bonchev–Trinajstić information content (AvgIpc) is 2.54. The second kappa shape index (κ2) is 8.17. The fraction of sp³-hybridized carbons (Fsp3) is 0.500. The lowest BCUT2D eigenvalue weighted by atomic mass is 10.2. The zero-order valence-corrected chi connectivity index (χ0v) is 14.3. The topological polar surface area (TPSA) is 49.9 Å². The summed E-state index contributed by atoms with van der Waals surface area (Å²) in [6.07, 6.45) is 1.61. The number of hydrogen-bond acceptors (Lipinski definition) is 3. The number of rotatable bonds is 4.